The Morgan fingerprint density at radius 3 is 2.71 bits per heavy atom. The molecule has 5 heteroatoms. The van der Waals surface area contributed by atoms with Gasteiger partial charge in [-0.25, -0.2) is 0 Å². The maximum absolute atomic E-state index is 6.00. The van der Waals surface area contributed by atoms with Crippen LogP contribution in [0.3, 0.4) is 0 Å². The number of hydrogen-bond donors (Lipinski definition) is 1. The number of ether oxygens (including phenoxy) is 1. The van der Waals surface area contributed by atoms with E-state index in [2.05, 4.69) is 17.1 Å². The van der Waals surface area contributed by atoms with Gasteiger partial charge >= 0.3 is 0 Å². The molecule has 90 valence electrons. The van der Waals surface area contributed by atoms with Gasteiger partial charge in [-0.05, 0) is 26.0 Å². The van der Waals surface area contributed by atoms with Crippen molar-refractivity contribution in [2.75, 3.05) is 12.8 Å². The summed E-state index contributed by atoms with van der Waals surface area (Å²) in [4.78, 5) is 0. The monoisotopic (exact) mass is 232 g/mol. The third-order valence-electron chi connectivity index (χ3n) is 2.75. The maximum atomic E-state index is 6.00. The quantitative estimate of drug-likeness (QED) is 0.820. The van der Waals surface area contributed by atoms with Crippen LogP contribution in [0.15, 0.2) is 18.2 Å². The first-order valence-electron chi connectivity index (χ1n) is 5.51. The molecule has 1 aromatic heterocycles. The number of aryl methyl sites for hydroxylation is 1. The molecule has 1 heterocycles. The maximum Gasteiger partial charge on any atom is 0.166 e. The fourth-order valence-electron chi connectivity index (χ4n) is 1.83. The molecule has 0 saturated heterocycles. The number of benzene rings is 1. The van der Waals surface area contributed by atoms with E-state index in [0.29, 0.717) is 5.69 Å². The Morgan fingerprint density at radius 2 is 2.12 bits per heavy atom. The second-order valence-electron chi connectivity index (χ2n) is 3.77. The van der Waals surface area contributed by atoms with Crippen LogP contribution in [0.5, 0.6) is 5.75 Å². The van der Waals surface area contributed by atoms with E-state index in [0.717, 1.165) is 29.5 Å². The van der Waals surface area contributed by atoms with Gasteiger partial charge < -0.3 is 15.0 Å². The first-order valence-corrected chi connectivity index (χ1v) is 5.51. The summed E-state index contributed by atoms with van der Waals surface area (Å²) in [6, 6.07) is 5.57. The molecule has 0 bridgehead atoms. The Hall–Kier alpha value is -2.04. The van der Waals surface area contributed by atoms with Crippen LogP contribution < -0.4 is 10.5 Å². The van der Waals surface area contributed by atoms with Crippen LogP contribution in [0.2, 0.25) is 0 Å². The highest BCUT2D eigenvalue weighted by molar-refractivity contribution is 5.73. The van der Waals surface area contributed by atoms with E-state index in [1.807, 2.05) is 23.6 Å². The predicted octanol–water partition coefficient (Wildman–Crippen LogP) is 1.86. The summed E-state index contributed by atoms with van der Waals surface area (Å²) in [6.45, 7) is 4.80. The molecule has 0 saturated carbocycles. The van der Waals surface area contributed by atoms with E-state index in [9.17, 15) is 0 Å². The molecule has 0 amide bonds. The molecule has 17 heavy (non-hydrogen) atoms. The molecule has 5 nitrogen and oxygen atoms in total. The zero-order valence-electron chi connectivity index (χ0n) is 10.3. The van der Waals surface area contributed by atoms with E-state index >= 15 is 0 Å². The molecule has 1 aromatic carbocycles. The molecule has 0 fully saturated rings. The van der Waals surface area contributed by atoms with Gasteiger partial charge in [0.15, 0.2) is 5.82 Å². The molecule has 2 aromatic rings. The molecular formula is C12H16N4O. The SMILES string of the molecule is CCn1c(C)nnc1-c1ccc(OC)cc1N. The number of aromatic nitrogens is 3. The zero-order valence-corrected chi connectivity index (χ0v) is 10.3. The number of methoxy groups -OCH3 is 1. The summed E-state index contributed by atoms with van der Waals surface area (Å²) >= 11 is 0. The fourth-order valence-corrected chi connectivity index (χ4v) is 1.83. The molecule has 0 aliphatic rings. The van der Waals surface area contributed by atoms with Crippen LogP contribution in [0.4, 0.5) is 5.69 Å². The molecule has 2 rings (SSSR count). The Balaban J connectivity index is 2.53. The van der Waals surface area contributed by atoms with E-state index in [1.54, 1.807) is 13.2 Å². The first kappa shape index (κ1) is 11.4. The molecule has 2 N–H and O–H groups in total. The normalized spacial score (nSPS) is 10.5. The summed E-state index contributed by atoms with van der Waals surface area (Å²) in [5, 5.41) is 8.24. The minimum Gasteiger partial charge on any atom is -0.497 e. The Labute approximate surface area is 100 Å². The first-order chi connectivity index (χ1) is 8.17. The highest BCUT2D eigenvalue weighted by Crippen LogP contribution is 2.28. The van der Waals surface area contributed by atoms with E-state index in [4.69, 9.17) is 10.5 Å². The summed E-state index contributed by atoms with van der Waals surface area (Å²) < 4.78 is 7.15. The third-order valence-corrected chi connectivity index (χ3v) is 2.75. The number of anilines is 1. The number of hydrogen-bond acceptors (Lipinski definition) is 4. The molecule has 0 radical (unpaired) electrons. The van der Waals surface area contributed by atoms with Crippen LogP contribution in [-0.2, 0) is 6.54 Å². The highest BCUT2D eigenvalue weighted by Gasteiger charge is 2.12. The van der Waals surface area contributed by atoms with Gasteiger partial charge in [0.1, 0.15) is 11.6 Å². The third kappa shape index (κ3) is 1.95. The molecule has 0 aliphatic carbocycles. The topological polar surface area (TPSA) is 66.0 Å². The standard InChI is InChI=1S/C12H16N4O/c1-4-16-8(2)14-15-12(16)10-6-5-9(17-3)7-11(10)13/h5-7H,4,13H2,1-3H3. The van der Waals surface area contributed by atoms with E-state index in [1.165, 1.54) is 0 Å². The van der Waals surface area contributed by atoms with Crippen molar-refractivity contribution in [1.82, 2.24) is 14.8 Å². The van der Waals surface area contributed by atoms with Gasteiger partial charge in [-0.3, -0.25) is 0 Å². The molecule has 0 atom stereocenters. The number of nitrogens with zero attached hydrogens (tertiary/aromatic N) is 3. The van der Waals surface area contributed by atoms with Gasteiger partial charge in [0, 0.05) is 23.9 Å². The lowest BCUT2D eigenvalue weighted by atomic mass is 10.1. The average molecular weight is 232 g/mol. The van der Waals surface area contributed by atoms with Gasteiger partial charge in [-0.2, -0.15) is 0 Å². The highest BCUT2D eigenvalue weighted by atomic mass is 16.5. The van der Waals surface area contributed by atoms with Gasteiger partial charge in [0.05, 0.1) is 7.11 Å². The van der Waals surface area contributed by atoms with Crippen molar-refractivity contribution in [1.29, 1.82) is 0 Å². The Bertz CT molecular complexity index is 533. The van der Waals surface area contributed by atoms with Crippen molar-refractivity contribution in [3.8, 4) is 17.1 Å². The second kappa shape index (κ2) is 4.45. The minimum absolute atomic E-state index is 0.645. The van der Waals surface area contributed by atoms with Gasteiger partial charge in [0.2, 0.25) is 0 Å². The molecule has 0 aliphatic heterocycles. The van der Waals surface area contributed by atoms with Crippen LogP contribution in [0.1, 0.15) is 12.7 Å². The number of rotatable bonds is 3. The van der Waals surface area contributed by atoms with Crippen LogP contribution in [0.25, 0.3) is 11.4 Å². The van der Waals surface area contributed by atoms with Gasteiger partial charge in [-0.1, -0.05) is 0 Å². The zero-order chi connectivity index (χ0) is 12.4. The smallest absolute Gasteiger partial charge is 0.166 e. The average Bonchev–Trinajstić information content (AvgIpc) is 2.70. The molecule has 0 unspecified atom stereocenters. The van der Waals surface area contributed by atoms with E-state index < -0.39 is 0 Å². The van der Waals surface area contributed by atoms with Crippen molar-refractivity contribution in [3.63, 3.8) is 0 Å². The van der Waals surface area contributed by atoms with Crippen molar-refractivity contribution in [2.24, 2.45) is 0 Å². The molecular weight excluding hydrogens is 216 g/mol. The summed E-state index contributed by atoms with van der Waals surface area (Å²) in [5.74, 6) is 2.42. The molecule has 0 spiro atoms. The van der Waals surface area contributed by atoms with Crippen LogP contribution in [-0.4, -0.2) is 21.9 Å². The minimum atomic E-state index is 0.645. The van der Waals surface area contributed by atoms with Crippen LogP contribution >= 0.6 is 0 Å². The fraction of sp³-hybridized carbons (Fsp3) is 0.333. The number of nitrogens with two attached hydrogens (primary N) is 1. The van der Waals surface area contributed by atoms with Crippen molar-refractivity contribution in [2.45, 2.75) is 20.4 Å². The van der Waals surface area contributed by atoms with Gasteiger partial charge in [-0.15, -0.1) is 10.2 Å². The van der Waals surface area contributed by atoms with Crippen molar-refractivity contribution >= 4 is 5.69 Å². The summed E-state index contributed by atoms with van der Waals surface area (Å²) in [7, 11) is 1.62. The predicted molar refractivity (Wildman–Crippen MR) is 66.8 cm³/mol. The Morgan fingerprint density at radius 1 is 1.35 bits per heavy atom. The summed E-state index contributed by atoms with van der Waals surface area (Å²) in [5.41, 5.74) is 7.53. The Kier molecular flexibility index (Phi) is 2.99. The summed E-state index contributed by atoms with van der Waals surface area (Å²) in [6.07, 6.45) is 0. The van der Waals surface area contributed by atoms with Crippen LogP contribution in [0, 0.1) is 6.92 Å². The lowest BCUT2D eigenvalue weighted by Gasteiger charge is -2.09. The second-order valence-corrected chi connectivity index (χ2v) is 3.77. The van der Waals surface area contributed by atoms with E-state index in [-0.39, 0.29) is 0 Å². The largest absolute Gasteiger partial charge is 0.497 e. The number of nitrogen functional groups attached to an aromatic ring is 1. The van der Waals surface area contributed by atoms with Gasteiger partial charge in [0.25, 0.3) is 0 Å². The lowest BCUT2D eigenvalue weighted by Crippen LogP contribution is -2.02. The lowest BCUT2D eigenvalue weighted by molar-refractivity contribution is 0.415. The van der Waals surface area contributed by atoms with Crippen molar-refractivity contribution in [3.05, 3.63) is 24.0 Å². The van der Waals surface area contributed by atoms with Crippen molar-refractivity contribution < 1.29 is 4.74 Å².